The van der Waals surface area contributed by atoms with E-state index >= 15 is 0 Å². The first-order valence-corrected chi connectivity index (χ1v) is 5.11. The lowest BCUT2D eigenvalue weighted by Gasteiger charge is -2.22. The van der Waals surface area contributed by atoms with Crippen molar-refractivity contribution in [3.05, 3.63) is 29.0 Å². The first-order valence-electron chi connectivity index (χ1n) is 4.73. The van der Waals surface area contributed by atoms with Crippen molar-refractivity contribution in [2.24, 2.45) is 11.1 Å². The Labute approximate surface area is 94.2 Å². The fraction of sp³-hybridized carbons (Fsp3) is 0.455. The van der Waals surface area contributed by atoms with Gasteiger partial charge in [0.25, 0.3) is 0 Å². The van der Waals surface area contributed by atoms with Crippen LogP contribution in [-0.2, 0) is 0 Å². The van der Waals surface area contributed by atoms with Crippen LogP contribution in [0.15, 0.2) is 18.2 Å². The van der Waals surface area contributed by atoms with Crippen molar-refractivity contribution in [1.29, 1.82) is 0 Å². The van der Waals surface area contributed by atoms with Gasteiger partial charge in [0.15, 0.2) is 11.6 Å². The standard InChI is InChI=1S/C11H15ClFNO/c1-11(2,6-14)7-15-9-5-3-4-8(12)10(9)13/h3-5H,6-7,14H2,1-2H3. The maximum Gasteiger partial charge on any atom is 0.183 e. The van der Waals surface area contributed by atoms with Crippen LogP contribution in [-0.4, -0.2) is 13.2 Å². The Morgan fingerprint density at radius 2 is 2.13 bits per heavy atom. The Balaban J connectivity index is 2.70. The van der Waals surface area contributed by atoms with E-state index in [9.17, 15) is 4.39 Å². The van der Waals surface area contributed by atoms with E-state index in [2.05, 4.69) is 0 Å². The van der Waals surface area contributed by atoms with Crippen LogP contribution >= 0.6 is 11.6 Å². The van der Waals surface area contributed by atoms with Crippen LogP contribution in [0.2, 0.25) is 5.02 Å². The summed E-state index contributed by atoms with van der Waals surface area (Å²) < 4.78 is 18.7. The number of hydrogen-bond donors (Lipinski definition) is 1. The number of hydrogen-bond acceptors (Lipinski definition) is 2. The molecule has 4 heteroatoms. The van der Waals surface area contributed by atoms with Gasteiger partial charge in [-0.05, 0) is 12.1 Å². The van der Waals surface area contributed by atoms with Crippen molar-refractivity contribution in [3.63, 3.8) is 0 Å². The molecule has 0 bridgehead atoms. The molecule has 0 saturated heterocycles. The number of ether oxygens (including phenoxy) is 1. The monoisotopic (exact) mass is 231 g/mol. The van der Waals surface area contributed by atoms with E-state index < -0.39 is 5.82 Å². The van der Waals surface area contributed by atoms with Gasteiger partial charge in [-0.1, -0.05) is 31.5 Å². The second-order valence-corrected chi connectivity index (χ2v) is 4.62. The van der Waals surface area contributed by atoms with Crippen molar-refractivity contribution < 1.29 is 9.13 Å². The summed E-state index contributed by atoms with van der Waals surface area (Å²) >= 11 is 5.62. The molecule has 0 aliphatic rings. The summed E-state index contributed by atoms with van der Waals surface area (Å²) in [6, 6.07) is 4.68. The molecule has 0 spiro atoms. The van der Waals surface area contributed by atoms with E-state index in [1.807, 2.05) is 13.8 Å². The molecule has 0 atom stereocenters. The van der Waals surface area contributed by atoms with Gasteiger partial charge >= 0.3 is 0 Å². The molecule has 0 unspecified atom stereocenters. The van der Waals surface area contributed by atoms with E-state index in [0.29, 0.717) is 13.2 Å². The van der Waals surface area contributed by atoms with E-state index in [1.54, 1.807) is 12.1 Å². The molecule has 15 heavy (non-hydrogen) atoms. The zero-order chi connectivity index (χ0) is 11.5. The minimum absolute atomic E-state index is 0.0676. The summed E-state index contributed by atoms with van der Waals surface area (Å²) in [5.74, 6) is -0.351. The smallest absolute Gasteiger partial charge is 0.183 e. The molecule has 0 amide bonds. The van der Waals surface area contributed by atoms with Crippen molar-refractivity contribution in [3.8, 4) is 5.75 Å². The van der Waals surface area contributed by atoms with Crippen LogP contribution in [0.1, 0.15) is 13.8 Å². The summed E-state index contributed by atoms with van der Waals surface area (Å²) in [6.07, 6.45) is 0. The maximum atomic E-state index is 13.4. The van der Waals surface area contributed by atoms with Gasteiger partial charge in [-0.2, -0.15) is 0 Å². The molecular formula is C11H15ClFNO. The highest BCUT2D eigenvalue weighted by molar-refractivity contribution is 6.30. The van der Waals surface area contributed by atoms with Gasteiger partial charge in [-0.25, -0.2) is 4.39 Å². The predicted molar refractivity (Wildman–Crippen MR) is 59.7 cm³/mol. The number of benzene rings is 1. The van der Waals surface area contributed by atoms with Gasteiger partial charge in [0.1, 0.15) is 0 Å². The third kappa shape index (κ3) is 3.36. The van der Waals surface area contributed by atoms with Gasteiger partial charge in [-0.3, -0.25) is 0 Å². The van der Waals surface area contributed by atoms with Crippen molar-refractivity contribution >= 4 is 11.6 Å². The fourth-order valence-corrected chi connectivity index (χ4v) is 1.09. The van der Waals surface area contributed by atoms with Gasteiger partial charge < -0.3 is 10.5 Å². The molecule has 0 saturated carbocycles. The highest BCUT2D eigenvalue weighted by atomic mass is 35.5. The van der Waals surface area contributed by atoms with Crippen molar-refractivity contribution in [1.82, 2.24) is 0 Å². The summed E-state index contributed by atoms with van der Waals surface area (Å²) in [7, 11) is 0. The predicted octanol–water partition coefficient (Wildman–Crippen LogP) is 2.84. The quantitative estimate of drug-likeness (QED) is 0.865. The van der Waals surface area contributed by atoms with Gasteiger partial charge in [0.2, 0.25) is 0 Å². The Bertz CT molecular complexity index is 341. The lowest BCUT2D eigenvalue weighted by molar-refractivity contribution is 0.181. The molecule has 2 nitrogen and oxygen atoms in total. The Kier molecular flexibility index (Phi) is 3.94. The van der Waals surface area contributed by atoms with Crippen LogP contribution in [0, 0.1) is 11.2 Å². The zero-order valence-corrected chi connectivity index (χ0v) is 9.64. The third-order valence-electron chi connectivity index (χ3n) is 2.09. The first kappa shape index (κ1) is 12.3. The topological polar surface area (TPSA) is 35.2 Å². The van der Waals surface area contributed by atoms with Gasteiger partial charge in [-0.15, -0.1) is 0 Å². The second kappa shape index (κ2) is 4.81. The largest absolute Gasteiger partial charge is 0.490 e. The second-order valence-electron chi connectivity index (χ2n) is 4.21. The first-order chi connectivity index (χ1) is 6.96. The highest BCUT2D eigenvalue weighted by Crippen LogP contribution is 2.25. The van der Waals surface area contributed by atoms with Crippen LogP contribution in [0.3, 0.4) is 0 Å². The molecule has 0 fully saturated rings. The molecular weight excluding hydrogens is 217 g/mol. The van der Waals surface area contributed by atoms with Crippen LogP contribution in [0.25, 0.3) is 0 Å². The summed E-state index contributed by atoms with van der Waals surface area (Å²) in [6.45, 7) is 4.75. The molecule has 2 N–H and O–H groups in total. The Hall–Kier alpha value is -0.800. The fourth-order valence-electron chi connectivity index (χ4n) is 0.928. The normalized spacial score (nSPS) is 11.5. The molecule has 0 radical (unpaired) electrons. The third-order valence-corrected chi connectivity index (χ3v) is 2.38. The van der Waals surface area contributed by atoms with E-state index in [-0.39, 0.29) is 16.2 Å². The van der Waals surface area contributed by atoms with Gasteiger partial charge in [0.05, 0.1) is 11.6 Å². The Morgan fingerprint density at radius 1 is 1.47 bits per heavy atom. The highest BCUT2D eigenvalue weighted by Gasteiger charge is 2.17. The SMILES string of the molecule is CC(C)(CN)COc1cccc(Cl)c1F. The minimum Gasteiger partial charge on any atom is -0.490 e. The maximum absolute atomic E-state index is 13.4. The average molecular weight is 232 g/mol. The molecule has 1 rings (SSSR count). The molecule has 1 aromatic rings. The van der Waals surface area contributed by atoms with Crippen LogP contribution in [0.5, 0.6) is 5.75 Å². The van der Waals surface area contributed by atoms with Crippen LogP contribution in [0.4, 0.5) is 4.39 Å². The lowest BCUT2D eigenvalue weighted by atomic mass is 9.95. The van der Waals surface area contributed by atoms with E-state index in [4.69, 9.17) is 22.1 Å². The van der Waals surface area contributed by atoms with E-state index in [1.165, 1.54) is 6.07 Å². The number of halogens is 2. The zero-order valence-electron chi connectivity index (χ0n) is 8.89. The molecule has 0 heterocycles. The summed E-state index contributed by atoms with van der Waals surface area (Å²) in [4.78, 5) is 0. The van der Waals surface area contributed by atoms with E-state index in [0.717, 1.165) is 0 Å². The average Bonchev–Trinajstić information content (AvgIpc) is 2.20. The van der Waals surface area contributed by atoms with Crippen molar-refractivity contribution in [2.75, 3.05) is 13.2 Å². The molecule has 0 aliphatic heterocycles. The molecule has 0 aromatic heterocycles. The van der Waals surface area contributed by atoms with Gasteiger partial charge in [0, 0.05) is 12.0 Å². The Morgan fingerprint density at radius 3 is 2.73 bits per heavy atom. The van der Waals surface area contributed by atoms with Crippen molar-refractivity contribution in [2.45, 2.75) is 13.8 Å². The molecule has 84 valence electrons. The minimum atomic E-state index is -0.521. The lowest BCUT2D eigenvalue weighted by Crippen LogP contribution is -2.30. The molecule has 0 aliphatic carbocycles. The summed E-state index contributed by atoms with van der Waals surface area (Å²) in [5, 5.41) is 0.0676. The number of nitrogens with two attached hydrogens (primary N) is 1. The summed E-state index contributed by atoms with van der Waals surface area (Å²) in [5.41, 5.74) is 5.37. The molecule has 1 aromatic carbocycles. The number of rotatable bonds is 4. The van der Waals surface area contributed by atoms with Crippen LogP contribution < -0.4 is 10.5 Å².